The van der Waals surface area contributed by atoms with Crippen LogP contribution in [-0.4, -0.2) is 24.2 Å². The van der Waals surface area contributed by atoms with Gasteiger partial charge in [0.1, 0.15) is 0 Å². The highest BCUT2D eigenvalue weighted by molar-refractivity contribution is 8.00. The number of anilines is 2. The Labute approximate surface area is 109 Å². The molecule has 6 nitrogen and oxygen atoms in total. The van der Waals surface area contributed by atoms with Crippen molar-refractivity contribution in [2.45, 2.75) is 17.1 Å². The summed E-state index contributed by atoms with van der Waals surface area (Å²) in [6.07, 6.45) is 0. The first kappa shape index (κ1) is 12.7. The molecule has 4 N–H and O–H groups in total. The van der Waals surface area contributed by atoms with E-state index in [1.807, 2.05) is 19.1 Å². The molecule has 1 heterocycles. The van der Waals surface area contributed by atoms with Gasteiger partial charge in [0.05, 0.1) is 10.9 Å². The number of nitrogens with one attached hydrogen (secondary N) is 2. The summed E-state index contributed by atoms with van der Waals surface area (Å²) in [6.45, 7) is 1.85. The highest BCUT2D eigenvalue weighted by Gasteiger charge is 2.23. The van der Waals surface area contributed by atoms with Gasteiger partial charge < -0.3 is 5.32 Å². The van der Waals surface area contributed by atoms with Crippen LogP contribution in [0.2, 0.25) is 0 Å². The van der Waals surface area contributed by atoms with Gasteiger partial charge >= 0.3 is 6.03 Å². The first-order valence-corrected chi connectivity index (χ1v) is 6.26. The van der Waals surface area contributed by atoms with E-state index < -0.39 is 6.03 Å². The minimum atomic E-state index is -0.418. The van der Waals surface area contributed by atoms with Crippen molar-refractivity contribution in [1.29, 1.82) is 0 Å². The van der Waals surface area contributed by atoms with Crippen LogP contribution in [0.5, 0.6) is 0 Å². The minimum Gasteiger partial charge on any atom is -0.324 e. The average Bonchev–Trinajstić information content (AvgIpc) is 2.37. The molecule has 18 heavy (non-hydrogen) atoms. The number of thioether (sulfide) groups is 1. The number of amides is 3. The van der Waals surface area contributed by atoms with Crippen molar-refractivity contribution in [3.05, 3.63) is 18.2 Å². The SMILES string of the molecule is CC1Sc2ccc(N(C)C(=O)NN)cc2NC1=O. The summed E-state index contributed by atoms with van der Waals surface area (Å²) in [4.78, 5) is 25.3. The molecule has 0 radical (unpaired) electrons. The summed E-state index contributed by atoms with van der Waals surface area (Å²) >= 11 is 1.50. The average molecular weight is 266 g/mol. The molecule has 1 aliphatic heterocycles. The number of carbonyl (C=O) groups excluding carboxylic acids is 2. The molecule has 0 saturated heterocycles. The molecule has 0 saturated carbocycles. The van der Waals surface area contributed by atoms with Gasteiger partial charge in [-0.25, -0.2) is 10.6 Å². The number of urea groups is 1. The summed E-state index contributed by atoms with van der Waals surface area (Å²) in [7, 11) is 1.60. The molecule has 1 aromatic rings. The van der Waals surface area contributed by atoms with Gasteiger partial charge in [0.15, 0.2) is 0 Å². The van der Waals surface area contributed by atoms with Gasteiger partial charge in [-0.1, -0.05) is 0 Å². The summed E-state index contributed by atoms with van der Waals surface area (Å²) < 4.78 is 0. The maximum absolute atomic E-state index is 11.6. The van der Waals surface area contributed by atoms with Crippen LogP contribution >= 0.6 is 11.8 Å². The van der Waals surface area contributed by atoms with Crippen LogP contribution in [0.4, 0.5) is 16.2 Å². The van der Waals surface area contributed by atoms with E-state index in [1.54, 1.807) is 13.1 Å². The fourth-order valence-electron chi connectivity index (χ4n) is 1.62. The standard InChI is InChI=1S/C11H14N4O2S/c1-6-10(16)13-8-5-7(3-4-9(8)18-6)15(2)11(17)14-12/h3-6H,12H2,1-2H3,(H,13,16)(H,14,17). The van der Waals surface area contributed by atoms with Crippen molar-refractivity contribution in [2.75, 3.05) is 17.3 Å². The monoisotopic (exact) mass is 266 g/mol. The number of rotatable bonds is 1. The van der Waals surface area contributed by atoms with Crippen LogP contribution in [0, 0.1) is 0 Å². The molecular formula is C11H14N4O2S. The van der Waals surface area contributed by atoms with Crippen LogP contribution in [0.15, 0.2) is 23.1 Å². The van der Waals surface area contributed by atoms with E-state index in [2.05, 4.69) is 10.7 Å². The zero-order valence-electron chi connectivity index (χ0n) is 10.1. The third-order valence-electron chi connectivity index (χ3n) is 2.71. The number of hydrogen-bond acceptors (Lipinski definition) is 4. The first-order chi connectivity index (χ1) is 8.52. The van der Waals surface area contributed by atoms with Crippen LogP contribution in [0.3, 0.4) is 0 Å². The number of fused-ring (bicyclic) bond motifs is 1. The molecule has 0 aliphatic carbocycles. The molecule has 0 aromatic heterocycles. The van der Waals surface area contributed by atoms with E-state index in [4.69, 9.17) is 5.84 Å². The van der Waals surface area contributed by atoms with Gasteiger partial charge in [0, 0.05) is 17.6 Å². The van der Waals surface area contributed by atoms with E-state index in [9.17, 15) is 9.59 Å². The van der Waals surface area contributed by atoms with Crippen molar-refractivity contribution in [2.24, 2.45) is 5.84 Å². The Bertz CT molecular complexity index is 506. The van der Waals surface area contributed by atoms with E-state index in [0.29, 0.717) is 5.69 Å². The molecule has 1 unspecified atom stereocenters. The summed E-state index contributed by atoms with van der Waals surface area (Å²) in [5.41, 5.74) is 3.43. The lowest BCUT2D eigenvalue weighted by atomic mass is 10.2. The maximum atomic E-state index is 11.6. The molecule has 0 spiro atoms. The highest BCUT2D eigenvalue weighted by atomic mass is 32.2. The van der Waals surface area contributed by atoms with E-state index in [-0.39, 0.29) is 11.2 Å². The quantitative estimate of drug-likeness (QED) is 0.404. The number of carbonyl (C=O) groups is 2. The second-order valence-corrected chi connectivity index (χ2v) is 5.32. The van der Waals surface area contributed by atoms with Crippen LogP contribution in [-0.2, 0) is 4.79 Å². The maximum Gasteiger partial charge on any atom is 0.335 e. The van der Waals surface area contributed by atoms with Gasteiger partial charge in [0.2, 0.25) is 5.91 Å². The number of hydrogen-bond donors (Lipinski definition) is 3. The second kappa shape index (κ2) is 4.87. The number of nitrogens with two attached hydrogens (primary N) is 1. The van der Waals surface area contributed by atoms with Crippen LogP contribution in [0.25, 0.3) is 0 Å². The zero-order valence-corrected chi connectivity index (χ0v) is 10.9. The molecule has 1 aliphatic rings. The summed E-state index contributed by atoms with van der Waals surface area (Å²) in [5.74, 6) is 5.04. The lowest BCUT2D eigenvalue weighted by Crippen LogP contribution is -2.41. The Morgan fingerprint density at radius 2 is 2.28 bits per heavy atom. The van der Waals surface area contributed by atoms with Crippen molar-refractivity contribution in [3.63, 3.8) is 0 Å². The Kier molecular flexibility index (Phi) is 3.44. The smallest absolute Gasteiger partial charge is 0.324 e. The lowest BCUT2D eigenvalue weighted by molar-refractivity contribution is -0.115. The van der Waals surface area contributed by atoms with E-state index in [0.717, 1.165) is 10.6 Å². The fourth-order valence-corrected chi connectivity index (χ4v) is 2.55. The molecule has 0 fully saturated rings. The molecule has 7 heteroatoms. The highest BCUT2D eigenvalue weighted by Crippen LogP contribution is 2.37. The summed E-state index contributed by atoms with van der Waals surface area (Å²) in [5, 5.41) is 2.71. The van der Waals surface area contributed by atoms with Crippen LogP contribution in [0.1, 0.15) is 6.92 Å². The number of hydrazine groups is 1. The van der Waals surface area contributed by atoms with E-state index >= 15 is 0 Å². The predicted octanol–water partition coefficient (Wildman–Crippen LogP) is 1.14. The first-order valence-electron chi connectivity index (χ1n) is 5.39. The Hall–Kier alpha value is -1.73. The topological polar surface area (TPSA) is 87.5 Å². The largest absolute Gasteiger partial charge is 0.335 e. The molecule has 96 valence electrons. The Balaban J connectivity index is 2.30. The van der Waals surface area contributed by atoms with E-state index in [1.165, 1.54) is 16.7 Å². The van der Waals surface area contributed by atoms with Gasteiger partial charge in [-0.3, -0.25) is 15.1 Å². The normalized spacial score (nSPS) is 17.7. The molecule has 0 bridgehead atoms. The number of benzene rings is 1. The molecular weight excluding hydrogens is 252 g/mol. The van der Waals surface area contributed by atoms with Gasteiger partial charge in [-0.2, -0.15) is 0 Å². The lowest BCUT2D eigenvalue weighted by Gasteiger charge is -2.24. The van der Waals surface area contributed by atoms with Crippen molar-refractivity contribution in [3.8, 4) is 0 Å². The van der Waals surface area contributed by atoms with Crippen molar-refractivity contribution in [1.82, 2.24) is 5.43 Å². The predicted molar refractivity (Wildman–Crippen MR) is 71.5 cm³/mol. The zero-order chi connectivity index (χ0) is 13.3. The van der Waals surface area contributed by atoms with Crippen LogP contribution < -0.4 is 21.5 Å². The second-order valence-electron chi connectivity index (χ2n) is 3.94. The third-order valence-corrected chi connectivity index (χ3v) is 3.89. The van der Waals surface area contributed by atoms with Crippen molar-refractivity contribution >= 4 is 35.1 Å². The summed E-state index contributed by atoms with van der Waals surface area (Å²) in [6, 6.07) is 5.02. The Morgan fingerprint density at radius 1 is 1.56 bits per heavy atom. The van der Waals surface area contributed by atoms with Gasteiger partial charge in [-0.15, -0.1) is 11.8 Å². The molecule has 1 atom stereocenters. The van der Waals surface area contributed by atoms with Crippen molar-refractivity contribution < 1.29 is 9.59 Å². The molecule has 2 rings (SSSR count). The third kappa shape index (κ3) is 2.27. The Morgan fingerprint density at radius 3 is 2.94 bits per heavy atom. The molecule has 1 aromatic carbocycles. The van der Waals surface area contributed by atoms with Gasteiger partial charge in [-0.05, 0) is 25.1 Å². The minimum absolute atomic E-state index is 0.0319. The fraction of sp³-hybridized carbons (Fsp3) is 0.273. The number of nitrogens with zero attached hydrogens (tertiary/aromatic N) is 1. The van der Waals surface area contributed by atoms with Gasteiger partial charge in [0.25, 0.3) is 0 Å². The molecule has 3 amide bonds.